The summed E-state index contributed by atoms with van der Waals surface area (Å²) in [4.78, 5) is 13.2. The van der Waals surface area contributed by atoms with E-state index in [2.05, 4.69) is 12.2 Å². The van der Waals surface area contributed by atoms with Gasteiger partial charge in [-0.3, -0.25) is 4.79 Å². The Balaban J connectivity index is 3.50. The smallest absolute Gasteiger partial charge is 0.224 e. The minimum atomic E-state index is 0.115. The molecule has 3 heteroatoms. The number of amides is 1. The lowest BCUT2D eigenvalue weighted by Crippen LogP contribution is -2.32. The Morgan fingerprint density at radius 3 is 2.54 bits per heavy atom. The van der Waals surface area contributed by atoms with E-state index in [4.69, 9.17) is 0 Å². The maximum Gasteiger partial charge on any atom is 0.224 e. The highest BCUT2D eigenvalue weighted by Crippen LogP contribution is 1.98. The highest BCUT2D eigenvalue weighted by molar-refractivity contribution is 5.77. The van der Waals surface area contributed by atoms with Crippen molar-refractivity contribution in [3.8, 4) is 0 Å². The third-order valence-corrected chi connectivity index (χ3v) is 1.97. The van der Waals surface area contributed by atoms with E-state index >= 15 is 0 Å². The molecule has 0 bridgehead atoms. The molecule has 1 N–H and O–H groups in total. The van der Waals surface area contributed by atoms with E-state index < -0.39 is 0 Å². The fourth-order valence-corrected chi connectivity index (χ4v) is 1.17. The molecule has 0 radical (unpaired) electrons. The van der Waals surface area contributed by atoms with Crippen LogP contribution in [0.4, 0.5) is 0 Å². The van der Waals surface area contributed by atoms with E-state index in [1.54, 1.807) is 0 Å². The normalized spacial score (nSPS) is 10.5. The molecular formula is C10H22N2O. The van der Waals surface area contributed by atoms with Crippen LogP contribution in [-0.2, 0) is 4.79 Å². The minimum Gasteiger partial charge on any atom is -0.345 e. The number of carbonyl (C=O) groups is 1. The van der Waals surface area contributed by atoms with Crippen LogP contribution in [0.15, 0.2) is 0 Å². The van der Waals surface area contributed by atoms with Crippen molar-refractivity contribution in [3.63, 3.8) is 0 Å². The Labute approximate surface area is 81.5 Å². The predicted octanol–water partition coefficient (Wildman–Crippen LogP) is 1.10. The van der Waals surface area contributed by atoms with Gasteiger partial charge < -0.3 is 10.2 Å². The Bertz CT molecular complexity index is 146. The molecule has 0 unspecified atom stereocenters. The molecule has 0 atom stereocenters. The monoisotopic (exact) mass is 186 g/mol. The number of nitrogens with one attached hydrogen (secondary N) is 1. The average Bonchev–Trinajstić information content (AvgIpc) is 2.10. The van der Waals surface area contributed by atoms with Crippen molar-refractivity contribution in [1.29, 1.82) is 0 Å². The van der Waals surface area contributed by atoms with Gasteiger partial charge in [-0.15, -0.1) is 0 Å². The summed E-state index contributed by atoms with van der Waals surface area (Å²) in [6.07, 6.45) is 1.03. The van der Waals surface area contributed by atoms with E-state index in [1.807, 2.05) is 25.8 Å². The summed E-state index contributed by atoms with van der Waals surface area (Å²) < 4.78 is 0. The first-order valence-electron chi connectivity index (χ1n) is 5.05. The van der Waals surface area contributed by atoms with E-state index in [1.165, 1.54) is 0 Å². The van der Waals surface area contributed by atoms with Gasteiger partial charge in [0.15, 0.2) is 0 Å². The molecule has 0 aliphatic carbocycles. The molecule has 0 aromatic heterocycles. The quantitative estimate of drug-likeness (QED) is 0.630. The molecule has 0 saturated heterocycles. The average molecular weight is 186 g/mol. The highest BCUT2D eigenvalue weighted by Gasteiger charge is 2.11. The molecule has 0 heterocycles. The number of nitrogens with zero attached hydrogens (tertiary/aromatic N) is 1. The van der Waals surface area contributed by atoms with E-state index in [9.17, 15) is 4.79 Å². The van der Waals surface area contributed by atoms with Crippen molar-refractivity contribution in [2.45, 2.75) is 27.2 Å². The van der Waals surface area contributed by atoms with Crippen LogP contribution < -0.4 is 5.32 Å². The van der Waals surface area contributed by atoms with Crippen LogP contribution in [0.2, 0.25) is 0 Å². The SMILES string of the molecule is CCNCCCN(C)C(=O)C(C)C. The van der Waals surface area contributed by atoms with Gasteiger partial charge in [0.2, 0.25) is 5.91 Å². The van der Waals surface area contributed by atoms with Gasteiger partial charge in [-0.1, -0.05) is 20.8 Å². The molecule has 78 valence electrons. The standard InChI is InChI=1S/C10H22N2O/c1-5-11-7-6-8-12(4)10(13)9(2)3/h9,11H,5-8H2,1-4H3. The second kappa shape index (κ2) is 6.89. The zero-order chi connectivity index (χ0) is 10.3. The topological polar surface area (TPSA) is 32.3 Å². The lowest BCUT2D eigenvalue weighted by atomic mass is 10.2. The lowest BCUT2D eigenvalue weighted by molar-refractivity contribution is -0.133. The molecular weight excluding hydrogens is 164 g/mol. The summed E-state index contributed by atoms with van der Waals surface area (Å²) in [5.74, 6) is 0.348. The van der Waals surface area contributed by atoms with Gasteiger partial charge >= 0.3 is 0 Å². The first-order valence-corrected chi connectivity index (χ1v) is 5.05. The third-order valence-electron chi connectivity index (χ3n) is 1.97. The molecule has 0 aliphatic heterocycles. The fraction of sp³-hybridized carbons (Fsp3) is 0.900. The van der Waals surface area contributed by atoms with Gasteiger partial charge in [-0.2, -0.15) is 0 Å². The van der Waals surface area contributed by atoms with E-state index in [0.717, 1.165) is 26.1 Å². The maximum atomic E-state index is 11.4. The Morgan fingerprint density at radius 2 is 2.08 bits per heavy atom. The molecule has 0 saturated carbocycles. The first kappa shape index (κ1) is 12.4. The number of rotatable bonds is 6. The van der Waals surface area contributed by atoms with Crippen molar-refractivity contribution in [2.75, 3.05) is 26.7 Å². The van der Waals surface area contributed by atoms with Crippen LogP contribution in [0.5, 0.6) is 0 Å². The summed E-state index contributed by atoms with van der Waals surface area (Å²) in [5.41, 5.74) is 0. The van der Waals surface area contributed by atoms with Gasteiger partial charge in [0.05, 0.1) is 0 Å². The van der Waals surface area contributed by atoms with Gasteiger partial charge in [0, 0.05) is 19.5 Å². The second-order valence-corrected chi connectivity index (χ2v) is 3.62. The molecule has 0 spiro atoms. The fourth-order valence-electron chi connectivity index (χ4n) is 1.17. The van der Waals surface area contributed by atoms with Gasteiger partial charge in [0.1, 0.15) is 0 Å². The largest absolute Gasteiger partial charge is 0.345 e. The lowest BCUT2D eigenvalue weighted by Gasteiger charge is -2.19. The van der Waals surface area contributed by atoms with Crippen LogP contribution in [0.3, 0.4) is 0 Å². The molecule has 13 heavy (non-hydrogen) atoms. The Kier molecular flexibility index (Phi) is 6.59. The summed E-state index contributed by atoms with van der Waals surface area (Å²) in [6, 6.07) is 0. The second-order valence-electron chi connectivity index (χ2n) is 3.62. The Morgan fingerprint density at radius 1 is 1.46 bits per heavy atom. The van der Waals surface area contributed by atoms with Crippen molar-refractivity contribution >= 4 is 5.91 Å². The summed E-state index contributed by atoms with van der Waals surface area (Å²) in [5, 5.41) is 3.23. The van der Waals surface area contributed by atoms with E-state index in [0.29, 0.717) is 0 Å². The van der Waals surface area contributed by atoms with Gasteiger partial charge in [-0.05, 0) is 19.5 Å². The van der Waals surface area contributed by atoms with Crippen molar-refractivity contribution in [2.24, 2.45) is 5.92 Å². The number of hydrogen-bond acceptors (Lipinski definition) is 2. The summed E-state index contributed by atoms with van der Waals surface area (Å²) in [7, 11) is 1.87. The van der Waals surface area contributed by atoms with E-state index in [-0.39, 0.29) is 11.8 Å². The number of carbonyl (C=O) groups excluding carboxylic acids is 1. The van der Waals surface area contributed by atoms with Crippen molar-refractivity contribution in [1.82, 2.24) is 10.2 Å². The Hall–Kier alpha value is -0.570. The molecule has 0 aromatic carbocycles. The van der Waals surface area contributed by atoms with Gasteiger partial charge in [-0.25, -0.2) is 0 Å². The highest BCUT2D eigenvalue weighted by atomic mass is 16.2. The van der Waals surface area contributed by atoms with Crippen LogP contribution in [-0.4, -0.2) is 37.5 Å². The van der Waals surface area contributed by atoms with Gasteiger partial charge in [0.25, 0.3) is 0 Å². The van der Waals surface area contributed by atoms with Crippen LogP contribution in [0.1, 0.15) is 27.2 Å². The first-order chi connectivity index (χ1) is 6.09. The molecule has 0 aliphatic rings. The molecule has 1 amide bonds. The maximum absolute atomic E-state index is 11.4. The zero-order valence-corrected chi connectivity index (χ0v) is 9.26. The molecule has 3 nitrogen and oxygen atoms in total. The number of hydrogen-bond donors (Lipinski definition) is 1. The van der Waals surface area contributed by atoms with Crippen LogP contribution in [0, 0.1) is 5.92 Å². The van der Waals surface area contributed by atoms with Crippen LogP contribution >= 0.6 is 0 Å². The van der Waals surface area contributed by atoms with Crippen molar-refractivity contribution in [3.05, 3.63) is 0 Å². The minimum absolute atomic E-state index is 0.115. The van der Waals surface area contributed by atoms with Crippen molar-refractivity contribution < 1.29 is 4.79 Å². The molecule has 0 rings (SSSR count). The molecule has 0 fully saturated rings. The summed E-state index contributed by atoms with van der Waals surface area (Å²) in [6.45, 7) is 8.80. The molecule has 0 aromatic rings. The third kappa shape index (κ3) is 5.64. The van der Waals surface area contributed by atoms with Crippen LogP contribution in [0.25, 0.3) is 0 Å². The summed E-state index contributed by atoms with van der Waals surface area (Å²) >= 11 is 0. The predicted molar refractivity (Wildman–Crippen MR) is 55.6 cm³/mol. The zero-order valence-electron chi connectivity index (χ0n) is 9.26.